The van der Waals surface area contributed by atoms with Crippen molar-refractivity contribution in [2.45, 2.75) is 52.0 Å². The number of unbranched alkanes of at least 4 members (excludes halogenated alkanes) is 5. The fraction of sp³-hybridized carbons (Fsp3) is 0.667. The Bertz CT molecular complexity index is 772. The molecule has 122 valence electrons. The average molecular weight is 327 g/mol. The van der Waals surface area contributed by atoms with Crippen molar-refractivity contribution in [2.24, 2.45) is 14.1 Å². The van der Waals surface area contributed by atoms with E-state index in [2.05, 4.69) is 11.9 Å². The van der Waals surface area contributed by atoms with Gasteiger partial charge in [-0.15, -0.1) is 0 Å². The van der Waals surface area contributed by atoms with Gasteiger partial charge in [0, 0.05) is 20.6 Å². The summed E-state index contributed by atoms with van der Waals surface area (Å²) < 4.78 is 4.18. The van der Waals surface area contributed by atoms with Crippen LogP contribution in [0, 0.1) is 0 Å². The largest absolute Gasteiger partial charge is 0.332 e. The van der Waals surface area contributed by atoms with Crippen LogP contribution in [0.25, 0.3) is 11.2 Å². The molecule has 2 aromatic rings. The molecular weight excluding hydrogens is 304 g/mol. The fourth-order valence-electron chi connectivity index (χ4n) is 2.67. The molecule has 0 aliphatic carbocycles. The highest BCUT2D eigenvalue weighted by Crippen LogP contribution is 2.17. The van der Waals surface area contributed by atoms with E-state index in [0.29, 0.717) is 17.7 Å². The standard InChI is InChI=1S/C15H23ClN4O2/c1-4-5-6-7-8-9-10-20-11-12(17-14(20)16)18(2)15(22)19(3)13(11)21/h4-10H2,1-3H3. The Morgan fingerprint density at radius 3 is 2.32 bits per heavy atom. The van der Waals surface area contributed by atoms with Crippen LogP contribution < -0.4 is 11.2 Å². The van der Waals surface area contributed by atoms with Crippen molar-refractivity contribution >= 4 is 22.8 Å². The molecule has 0 radical (unpaired) electrons. The van der Waals surface area contributed by atoms with E-state index in [-0.39, 0.29) is 10.8 Å². The van der Waals surface area contributed by atoms with Crippen LogP contribution in [0.5, 0.6) is 0 Å². The molecule has 0 atom stereocenters. The Kier molecular flexibility index (Phi) is 5.45. The van der Waals surface area contributed by atoms with Crippen molar-refractivity contribution in [3.8, 4) is 0 Å². The maximum Gasteiger partial charge on any atom is 0.332 e. The second-order valence-corrected chi connectivity index (χ2v) is 6.02. The molecule has 2 aromatic heterocycles. The summed E-state index contributed by atoms with van der Waals surface area (Å²) in [6.45, 7) is 2.84. The highest BCUT2D eigenvalue weighted by atomic mass is 35.5. The Morgan fingerprint density at radius 2 is 1.64 bits per heavy atom. The van der Waals surface area contributed by atoms with Gasteiger partial charge in [0.15, 0.2) is 11.2 Å². The predicted octanol–water partition coefficient (Wildman–Crippen LogP) is 2.45. The molecule has 0 bridgehead atoms. The van der Waals surface area contributed by atoms with Gasteiger partial charge in [0.25, 0.3) is 5.56 Å². The lowest BCUT2D eigenvalue weighted by Gasteiger charge is -2.07. The zero-order valence-electron chi connectivity index (χ0n) is 13.4. The number of nitrogens with zero attached hydrogens (tertiary/aromatic N) is 4. The molecule has 0 unspecified atom stereocenters. The molecule has 0 fully saturated rings. The number of aromatic nitrogens is 4. The smallest absolute Gasteiger partial charge is 0.309 e. The summed E-state index contributed by atoms with van der Waals surface area (Å²) in [5, 5.41) is 0.266. The summed E-state index contributed by atoms with van der Waals surface area (Å²) >= 11 is 6.17. The average Bonchev–Trinajstić information content (AvgIpc) is 2.83. The first-order valence-electron chi connectivity index (χ1n) is 7.80. The third-order valence-corrected chi connectivity index (χ3v) is 4.33. The Balaban J connectivity index is 2.26. The molecule has 0 saturated carbocycles. The van der Waals surface area contributed by atoms with E-state index < -0.39 is 5.69 Å². The van der Waals surface area contributed by atoms with Crippen molar-refractivity contribution in [3.05, 3.63) is 26.1 Å². The summed E-state index contributed by atoms with van der Waals surface area (Å²) in [4.78, 5) is 28.4. The number of imidazole rings is 1. The molecular formula is C15H23ClN4O2. The van der Waals surface area contributed by atoms with E-state index in [1.807, 2.05) is 0 Å². The molecule has 7 heteroatoms. The predicted molar refractivity (Wildman–Crippen MR) is 88.6 cm³/mol. The van der Waals surface area contributed by atoms with Crippen LogP contribution in [-0.4, -0.2) is 18.7 Å². The van der Waals surface area contributed by atoms with Gasteiger partial charge >= 0.3 is 5.69 Å². The van der Waals surface area contributed by atoms with Gasteiger partial charge in [-0.1, -0.05) is 39.0 Å². The highest BCUT2D eigenvalue weighted by molar-refractivity contribution is 6.29. The summed E-state index contributed by atoms with van der Waals surface area (Å²) in [6, 6.07) is 0. The molecule has 0 aliphatic rings. The SMILES string of the molecule is CCCCCCCCn1c(Cl)nc2c1c(=O)n(C)c(=O)n2C. The summed E-state index contributed by atoms with van der Waals surface area (Å²) in [6.07, 6.45) is 6.96. The first-order chi connectivity index (χ1) is 10.5. The summed E-state index contributed by atoms with van der Waals surface area (Å²) in [7, 11) is 3.07. The van der Waals surface area contributed by atoms with Gasteiger partial charge in [0.1, 0.15) is 0 Å². The molecule has 2 heterocycles. The Morgan fingerprint density at radius 1 is 1.00 bits per heavy atom. The molecule has 22 heavy (non-hydrogen) atoms. The monoisotopic (exact) mass is 326 g/mol. The van der Waals surface area contributed by atoms with E-state index in [4.69, 9.17) is 11.6 Å². The van der Waals surface area contributed by atoms with Gasteiger partial charge in [-0.2, -0.15) is 4.98 Å². The highest BCUT2D eigenvalue weighted by Gasteiger charge is 2.17. The van der Waals surface area contributed by atoms with Gasteiger partial charge in [-0.25, -0.2) is 4.79 Å². The van der Waals surface area contributed by atoms with Gasteiger partial charge < -0.3 is 4.57 Å². The topological polar surface area (TPSA) is 61.8 Å². The second-order valence-electron chi connectivity index (χ2n) is 5.68. The number of hydrogen-bond acceptors (Lipinski definition) is 3. The minimum Gasteiger partial charge on any atom is -0.309 e. The molecule has 0 N–H and O–H groups in total. The van der Waals surface area contributed by atoms with E-state index >= 15 is 0 Å². The van der Waals surface area contributed by atoms with Crippen LogP contribution in [0.4, 0.5) is 0 Å². The van der Waals surface area contributed by atoms with E-state index in [9.17, 15) is 9.59 Å². The molecule has 0 amide bonds. The lowest BCUT2D eigenvalue weighted by Crippen LogP contribution is -2.37. The molecule has 0 aromatic carbocycles. The first kappa shape index (κ1) is 16.8. The second kappa shape index (κ2) is 7.13. The zero-order chi connectivity index (χ0) is 16.3. The first-order valence-corrected chi connectivity index (χ1v) is 8.18. The van der Waals surface area contributed by atoms with E-state index in [0.717, 1.165) is 17.4 Å². The van der Waals surface area contributed by atoms with E-state index in [1.54, 1.807) is 11.6 Å². The van der Waals surface area contributed by atoms with Gasteiger partial charge in [-0.3, -0.25) is 13.9 Å². The normalized spacial score (nSPS) is 11.5. The third kappa shape index (κ3) is 3.11. The van der Waals surface area contributed by atoms with Gasteiger partial charge in [0.05, 0.1) is 0 Å². The minimum atomic E-state index is -0.390. The van der Waals surface area contributed by atoms with Gasteiger partial charge in [-0.05, 0) is 18.0 Å². The number of rotatable bonds is 7. The van der Waals surface area contributed by atoms with Crippen molar-refractivity contribution in [1.29, 1.82) is 0 Å². The van der Waals surface area contributed by atoms with E-state index in [1.165, 1.54) is 37.3 Å². The van der Waals surface area contributed by atoms with Crippen molar-refractivity contribution in [2.75, 3.05) is 0 Å². The van der Waals surface area contributed by atoms with Crippen LogP contribution >= 0.6 is 11.6 Å². The Hall–Kier alpha value is -1.56. The van der Waals surface area contributed by atoms with Crippen molar-refractivity contribution < 1.29 is 0 Å². The maximum atomic E-state index is 12.3. The van der Waals surface area contributed by atoms with Crippen molar-refractivity contribution in [3.63, 3.8) is 0 Å². The lowest BCUT2D eigenvalue weighted by atomic mass is 10.1. The van der Waals surface area contributed by atoms with Crippen LogP contribution in [0.15, 0.2) is 9.59 Å². The maximum absolute atomic E-state index is 12.3. The molecule has 0 aliphatic heterocycles. The summed E-state index contributed by atoms with van der Waals surface area (Å²) in [5.74, 6) is 0. The van der Waals surface area contributed by atoms with Crippen LogP contribution in [0.2, 0.25) is 5.28 Å². The zero-order valence-corrected chi connectivity index (χ0v) is 14.2. The Labute approximate surface area is 134 Å². The summed E-state index contributed by atoms with van der Waals surface area (Å²) in [5.41, 5.74) is 0.0223. The third-order valence-electron chi connectivity index (χ3n) is 4.04. The quantitative estimate of drug-likeness (QED) is 0.580. The number of halogens is 1. The molecule has 0 saturated heterocycles. The number of hydrogen-bond donors (Lipinski definition) is 0. The fourth-order valence-corrected chi connectivity index (χ4v) is 2.92. The van der Waals surface area contributed by atoms with Gasteiger partial charge in [0.2, 0.25) is 5.28 Å². The number of aryl methyl sites for hydroxylation is 2. The van der Waals surface area contributed by atoms with Crippen molar-refractivity contribution in [1.82, 2.24) is 18.7 Å². The molecule has 6 nitrogen and oxygen atoms in total. The molecule has 2 rings (SSSR count). The van der Waals surface area contributed by atoms with Crippen LogP contribution in [-0.2, 0) is 20.6 Å². The lowest BCUT2D eigenvalue weighted by molar-refractivity contribution is 0.562. The molecule has 0 spiro atoms. The van der Waals surface area contributed by atoms with Crippen LogP contribution in [0.3, 0.4) is 0 Å². The minimum absolute atomic E-state index is 0.266. The number of fused-ring (bicyclic) bond motifs is 1. The van der Waals surface area contributed by atoms with Crippen LogP contribution in [0.1, 0.15) is 45.4 Å².